The van der Waals surface area contributed by atoms with Gasteiger partial charge in [0, 0.05) is 0 Å². The summed E-state index contributed by atoms with van der Waals surface area (Å²) in [5.41, 5.74) is -2.05. The number of carbonyl (C=O) groups excluding carboxylic acids is 1. The highest BCUT2D eigenvalue weighted by Gasteiger charge is 2.72. The number of hydrogen-bond acceptors (Lipinski definition) is 52. The number of ether oxygens (including phenoxy) is 22. The van der Waals surface area contributed by atoms with Gasteiger partial charge in [0.2, 0.25) is 6.29 Å². The Morgan fingerprint density at radius 2 is 0.710 bits per heavy atom. The summed E-state index contributed by atoms with van der Waals surface area (Å²) in [6.07, 6.45) is -84.9. The van der Waals surface area contributed by atoms with Crippen molar-refractivity contribution >= 4 is 5.97 Å². The van der Waals surface area contributed by atoms with Crippen LogP contribution in [0.25, 0.3) is 0 Å². The Balaban J connectivity index is 0.518. The number of rotatable bonds is 27. The number of fused-ring (bicyclic) bond motifs is 7. The molecule has 0 aromatic heterocycles. The van der Waals surface area contributed by atoms with E-state index < -0.39 is 401 Å². The third kappa shape index (κ3) is 21.4. The van der Waals surface area contributed by atoms with Gasteiger partial charge in [0.05, 0.1) is 82.7 Å². The third-order valence-electron chi connectivity index (χ3n) is 34.9. The fourth-order valence-electron chi connectivity index (χ4n) is 25.7. The first-order chi connectivity index (χ1) is 68.2. The predicted octanol–water partition coefficient (Wildman–Crippen LogP) is -12.3. The maximum absolute atomic E-state index is 15.5. The molecule has 11 heterocycles. The van der Waals surface area contributed by atoms with Gasteiger partial charge < -0.3 is 252 Å². The highest BCUT2D eigenvalue weighted by molar-refractivity contribution is 5.79. The first kappa shape index (κ1) is 115. The van der Waals surface area contributed by atoms with Crippen LogP contribution in [0.15, 0.2) is 11.6 Å². The molecule has 7 unspecified atom stereocenters. The number of hydrogen-bond donors (Lipinski definition) is 29. The lowest BCUT2D eigenvalue weighted by Gasteiger charge is -2.71. The summed E-state index contributed by atoms with van der Waals surface area (Å²) < 4.78 is 130. The van der Waals surface area contributed by atoms with E-state index in [1.165, 1.54) is 13.8 Å². The second-order valence-electron chi connectivity index (χ2n) is 44.6. The van der Waals surface area contributed by atoms with Crippen molar-refractivity contribution in [1.82, 2.24) is 0 Å². The number of allylic oxidation sites excluding steroid dienone is 2. The lowest BCUT2D eigenvalue weighted by Crippen LogP contribution is -2.67. The number of esters is 1. The zero-order chi connectivity index (χ0) is 105. The summed E-state index contributed by atoms with van der Waals surface area (Å²) in [7, 11) is 0. The van der Waals surface area contributed by atoms with Crippen LogP contribution in [0.3, 0.4) is 0 Å². The molecule has 29 N–H and O–H groups in total. The molecule has 0 spiro atoms. The molecule has 4 saturated carbocycles. The standard InChI is InChI=1S/C93H152O52/c1-30-46(99)53(106)62(115)76(129-30)126-27-40-50(103)55(108)64(117)82(136-40)141-73-38(23-95)133-81(68(121)59(73)112)135-42-29-128-78(61(114)52(42)105)143-74-48(101)35(97)26-125-86(74)144-75-49(102)36(98)25-124-85(75)139-70-32(3)131-79(67(120)57(70)110)138-45-14-15-90(8)43(89(45,6)7)13-16-92(10)44(90)12-11-33-34-21-88(4,5)17-19-93(34,20-18-91(33,92)9)87(123)145-84-65(118)56(109)51(104)41(137-84)28-127-77-66(119)58(111)71(37(22-94)132-77)142-83-69(122)60(113)72(39(24-96)134-83)140-80-63(116)54(107)47(100)31(2)130-80/h11,30-32,34-86,94-122H,12-29H2,1-10H3/t30-,31+,32-,34?,35+,36+,37+,38+,39+,40+,41+,42+,43?,44?,45-,46-,47-,48-,49-,50+,51-,52-,53+,54-,55-,56-,57-,58+,59+,60+,61+,62+,63-,64+,65+,66+,67+,68+,69+,70-,71-,72-,73+,74+,75+,76+,77+,78-,79-,80+,81-,82-,83+,84+,85-,86-,90?,91?,92?,93?/m0/s1. The Bertz CT molecular complexity index is 4250. The van der Waals surface area contributed by atoms with Crippen molar-refractivity contribution < 1.29 is 257 Å². The van der Waals surface area contributed by atoms with Crippen molar-refractivity contribution in [1.29, 1.82) is 0 Å². The van der Waals surface area contributed by atoms with E-state index in [1.54, 1.807) is 6.92 Å². The van der Waals surface area contributed by atoms with Crippen LogP contribution in [0.5, 0.6) is 0 Å². The summed E-state index contributed by atoms with van der Waals surface area (Å²) >= 11 is 0. The lowest BCUT2D eigenvalue weighted by atomic mass is 9.33. The van der Waals surface area contributed by atoms with E-state index in [1.807, 2.05) is 0 Å². The summed E-state index contributed by atoms with van der Waals surface area (Å²) in [4.78, 5) is 15.5. The minimum Gasteiger partial charge on any atom is -0.432 e. The monoisotopic (exact) mass is 2100 g/mol. The zero-order valence-electron chi connectivity index (χ0n) is 82.0. The molecule has 15 fully saturated rings. The predicted molar refractivity (Wildman–Crippen MR) is 469 cm³/mol. The van der Waals surface area contributed by atoms with Crippen LogP contribution in [0.1, 0.15) is 133 Å². The molecular formula is C93H152O52. The minimum atomic E-state index is -2.15. The van der Waals surface area contributed by atoms with Crippen LogP contribution in [-0.4, -0.2) is 532 Å². The van der Waals surface area contributed by atoms with Crippen LogP contribution in [0.4, 0.5) is 0 Å². The van der Waals surface area contributed by atoms with Gasteiger partial charge in [-0.1, -0.05) is 60.1 Å². The Morgan fingerprint density at radius 3 is 1.23 bits per heavy atom. The average Bonchev–Trinajstić information content (AvgIpc) is 0.671. The van der Waals surface area contributed by atoms with E-state index in [0.717, 1.165) is 18.4 Å². The van der Waals surface area contributed by atoms with Crippen molar-refractivity contribution in [3.8, 4) is 0 Å². The van der Waals surface area contributed by atoms with Crippen LogP contribution in [0, 0.1) is 50.2 Å². The summed E-state index contributed by atoms with van der Waals surface area (Å²) in [6, 6.07) is 0. The molecule has 0 amide bonds. The summed E-state index contributed by atoms with van der Waals surface area (Å²) in [6.45, 7) is 13.6. The topological polar surface area (TPSA) is 807 Å². The van der Waals surface area contributed by atoms with E-state index in [0.29, 0.717) is 51.4 Å². The Kier molecular flexibility index (Phi) is 35.7. The van der Waals surface area contributed by atoms with Gasteiger partial charge in [-0.2, -0.15) is 0 Å². The van der Waals surface area contributed by atoms with Crippen LogP contribution in [0.2, 0.25) is 0 Å². The van der Waals surface area contributed by atoms with Crippen LogP contribution >= 0.6 is 0 Å². The molecule has 0 aromatic carbocycles. The van der Waals surface area contributed by atoms with Gasteiger partial charge in [-0.25, -0.2) is 0 Å². The molecule has 16 aliphatic rings. The van der Waals surface area contributed by atoms with E-state index in [9.17, 15) is 148 Å². The van der Waals surface area contributed by atoms with Gasteiger partial charge in [0.1, 0.15) is 232 Å². The van der Waals surface area contributed by atoms with Gasteiger partial charge in [-0.05, 0) is 130 Å². The van der Waals surface area contributed by atoms with Crippen molar-refractivity contribution in [3.63, 3.8) is 0 Å². The molecule has 52 nitrogen and oxygen atoms in total. The molecule has 16 rings (SSSR count). The molecule has 60 atom stereocenters. The fourth-order valence-corrected chi connectivity index (χ4v) is 25.7. The molecule has 836 valence electrons. The molecular weight excluding hydrogens is 1950 g/mol. The molecule has 0 aromatic rings. The largest absolute Gasteiger partial charge is 0.432 e. The van der Waals surface area contributed by atoms with Gasteiger partial charge in [-0.15, -0.1) is 0 Å². The molecule has 11 saturated heterocycles. The number of aliphatic hydroxyl groups is 29. The molecule has 11 aliphatic heterocycles. The molecule has 0 bridgehead atoms. The zero-order valence-corrected chi connectivity index (χ0v) is 82.0. The second kappa shape index (κ2) is 45.1. The second-order valence-corrected chi connectivity index (χ2v) is 44.6. The SMILES string of the molecule is C[C@@H]1O[C@@H](OC[C@H]2O[C@@H](O[C@H]3[C@H](O)[C@@H](O)[C@H](O[C@@H]4CO[C@@H](O[C@H]5[C@H](O[C@H]6[C@H](O[C@@H]7[C@@H](O)[C@@H](O)[C@H](O[C@H]8CCC9(C)C(CCC%10(C)C9CC=C9C%11CC(C)(C)CCC%11(C(=O)O[C@H]%11O[C@H](CO[C@@H]%12O[C@H](CO)[C@H](O[C@H]%13O[C@H](CO)[C@H](O[C@H]%14O[C@H](C)[C@H](O)[C@H](O)[C@@H]%14O)[C@H](O)[C@H]%13O)[C@H](O)[C@H]%12O)[C@H](O)[C@H](O)[C@H]%11O)CCC9%10C)C8(C)C)O[C@H]7C)OC[C@@H](O)[C@@H]6O)OC[C@@H](O)[C@@H]5O)[C@H](O)[C@H]4O)O[C@@H]3CO)[C@H](O)[C@@H](O)[C@@H]2O)[C@H](O)[C@H](O)[C@H]1O. The van der Waals surface area contributed by atoms with Crippen LogP contribution < -0.4 is 0 Å². The molecule has 5 aliphatic carbocycles. The first-order valence-electron chi connectivity index (χ1n) is 50.2. The molecule has 0 radical (unpaired) electrons. The lowest BCUT2D eigenvalue weighted by molar-refractivity contribution is -0.392. The fraction of sp³-hybridized carbons (Fsp3) is 0.968. The Hall–Kier alpha value is -2.79. The summed E-state index contributed by atoms with van der Waals surface area (Å²) in [5.74, 6) is -0.951. The van der Waals surface area contributed by atoms with Crippen molar-refractivity contribution in [2.24, 2.45) is 50.2 Å². The maximum atomic E-state index is 15.5. The first-order valence-corrected chi connectivity index (χ1v) is 50.2. The minimum absolute atomic E-state index is 0.0170. The Morgan fingerprint density at radius 1 is 0.331 bits per heavy atom. The van der Waals surface area contributed by atoms with Crippen molar-refractivity contribution in [3.05, 3.63) is 11.6 Å². The van der Waals surface area contributed by atoms with Gasteiger partial charge >= 0.3 is 5.97 Å². The van der Waals surface area contributed by atoms with Gasteiger partial charge in [0.25, 0.3) is 0 Å². The van der Waals surface area contributed by atoms with Crippen molar-refractivity contribution in [2.45, 2.75) is 459 Å². The highest BCUT2D eigenvalue weighted by atomic mass is 16.8. The Labute approximate surface area is 833 Å². The highest BCUT2D eigenvalue weighted by Crippen LogP contribution is 2.76. The third-order valence-corrected chi connectivity index (χ3v) is 34.9. The number of aliphatic hydroxyl groups excluding tert-OH is 29. The average molecular weight is 2100 g/mol. The smallest absolute Gasteiger partial charge is 0.315 e. The quantitative estimate of drug-likeness (QED) is 0.0206. The summed E-state index contributed by atoms with van der Waals surface area (Å²) in [5, 5.41) is 321. The van der Waals surface area contributed by atoms with E-state index in [4.69, 9.17) is 104 Å². The maximum Gasteiger partial charge on any atom is 0.315 e. The van der Waals surface area contributed by atoms with Gasteiger partial charge in [0.15, 0.2) is 62.9 Å². The molecule has 145 heavy (non-hydrogen) atoms. The number of carbonyl (C=O) groups is 1. The normalized spacial score (nSPS) is 54.9. The van der Waals surface area contributed by atoms with E-state index >= 15 is 4.79 Å². The molecule has 52 heteroatoms. The van der Waals surface area contributed by atoms with E-state index in [-0.39, 0.29) is 34.0 Å². The van der Waals surface area contributed by atoms with Crippen LogP contribution in [-0.2, 0) is 109 Å². The van der Waals surface area contributed by atoms with Crippen molar-refractivity contribution in [2.75, 3.05) is 52.9 Å². The van der Waals surface area contributed by atoms with Gasteiger partial charge in [-0.3, -0.25) is 4.79 Å². The van der Waals surface area contributed by atoms with E-state index in [2.05, 4.69) is 54.5 Å².